The lowest BCUT2D eigenvalue weighted by Crippen LogP contribution is -2.47. The largest absolute Gasteiger partial charge is 0.343 e. The van der Waals surface area contributed by atoms with Crippen LogP contribution in [0.4, 0.5) is 0 Å². The molecule has 1 aliphatic heterocycles. The van der Waals surface area contributed by atoms with Gasteiger partial charge in [0.25, 0.3) is 0 Å². The number of hydrogen-bond donors (Lipinski definition) is 2. The van der Waals surface area contributed by atoms with Crippen LogP contribution in [-0.2, 0) is 6.42 Å². The summed E-state index contributed by atoms with van der Waals surface area (Å²) in [6.45, 7) is 2.36. The van der Waals surface area contributed by atoms with Gasteiger partial charge < -0.3 is 5.32 Å². The van der Waals surface area contributed by atoms with E-state index in [-0.39, 0.29) is 0 Å². The molecule has 0 saturated heterocycles. The molecule has 0 fully saturated rings. The van der Waals surface area contributed by atoms with E-state index >= 15 is 0 Å². The van der Waals surface area contributed by atoms with Gasteiger partial charge >= 0.3 is 0 Å². The van der Waals surface area contributed by atoms with Crippen LogP contribution in [0, 0.1) is 11.5 Å². The van der Waals surface area contributed by atoms with Crippen molar-refractivity contribution in [2.24, 2.45) is 4.99 Å². The van der Waals surface area contributed by atoms with Gasteiger partial charge in [-0.3, -0.25) is 10.2 Å². The van der Waals surface area contributed by atoms with Gasteiger partial charge in [-0.1, -0.05) is 6.07 Å². The van der Waals surface area contributed by atoms with Crippen LogP contribution in [0.2, 0.25) is 0 Å². The van der Waals surface area contributed by atoms with Gasteiger partial charge in [0.2, 0.25) is 5.96 Å². The van der Waals surface area contributed by atoms with E-state index in [2.05, 4.69) is 38.0 Å². The predicted molar refractivity (Wildman–Crippen MR) is 63.8 cm³/mol. The molecule has 84 valence electrons. The summed E-state index contributed by atoms with van der Waals surface area (Å²) >= 11 is 1.78. The molecule has 0 amide bonds. The minimum atomic E-state index is 0.565. The topological polar surface area (TPSA) is 63.5 Å². The highest BCUT2D eigenvalue weighted by Crippen LogP contribution is 2.09. The second kappa shape index (κ2) is 5.49. The summed E-state index contributed by atoms with van der Waals surface area (Å²) in [5, 5.41) is 16.1. The average molecular weight is 235 g/mol. The maximum absolute atomic E-state index is 8.42. The Morgan fingerprint density at radius 1 is 1.69 bits per heavy atom. The number of guanidine groups is 1. The molecule has 16 heavy (non-hydrogen) atoms. The average Bonchev–Trinajstić information content (AvgIpc) is 2.82. The van der Waals surface area contributed by atoms with Gasteiger partial charge in [0.1, 0.15) is 0 Å². The number of nitrogens with one attached hydrogen (secondary N) is 2. The Labute approximate surface area is 98.4 Å². The Morgan fingerprint density at radius 2 is 2.62 bits per heavy atom. The van der Waals surface area contributed by atoms with E-state index in [1.165, 1.54) is 4.88 Å². The molecule has 0 unspecified atom stereocenters. The van der Waals surface area contributed by atoms with Crippen LogP contribution >= 0.6 is 11.3 Å². The van der Waals surface area contributed by atoms with Crippen molar-refractivity contribution in [3.63, 3.8) is 0 Å². The maximum atomic E-state index is 8.42. The van der Waals surface area contributed by atoms with Gasteiger partial charge in [0, 0.05) is 11.4 Å². The molecule has 2 heterocycles. The molecule has 1 aromatic rings. The first kappa shape index (κ1) is 10.9. The molecule has 5 nitrogen and oxygen atoms in total. The molecular weight excluding hydrogens is 222 g/mol. The fraction of sp³-hybridized carbons (Fsp3) is 0.400. The van der Waals surface area contributed by atoms with Crippen LogP contribution in [0.3, 0.4) is 0 Å². The highest BCUT2D eigenvalue weighted by atomic mass is 32.1. The van der Waals surface area contributed by atoms with E-state index in [1.807, 2.05) is 6.19 Å². The zero-order chi connectivity index (χ0) is 11.2. The quantitative estimate of drug-likeness (QED) is 0.593. The van der Waals surface area contributed by atoms with Crippen molar-refractivity contribution in [1.29, 1.82) is 5.26 Å². The minimum Gasteiger partial charge on any atom is -0.343 e. The summed E-state index contributed by atoms with van der Waals surface area (Å²) in [5.41, 5.74) is 0. The minimum absolute atomic E-state index is 0.565. The molecule has 0 saturated carbocycles. The van der Waals surface area contributed by atoms with Crippen LogP contribution in [-0.4, -0.2) is 30.7 Å². The van der Waals surface area contributed by atoms with Crippen molar-refractivity contribution in [2.45, 2.75) is 6.42 Å². The van der Waals surface area contributed by atoms with Crippen molar-refractivity contribution in [1.82, 2.24) is 15.5 Å². The number of hydrogen-bond acceptors (Lipinski definition) is 6. The zero-order valence-corrected chi connectivity index (χ0v) is 9.63. The van der Waals surface area contributed by atoms with Gasteiger partial charge in [-0.2, -0.15) is 5.26 Å². The fourth-order valence-electron chi connectivity index (χ4n) is 1.47. The standard InChI is InChI=1S/C10H13N5S/c11-6-12-10-13-7-15(8-14-10)4-3-9-2-1-5-16-9/h1-2,5H,3-4,7-8H2,(H2,12,13,14). The zero-order valence-electron chi connectivity index (χ0n) is 8.81. The first-order valence-corrected chi connectivity index (χ1v) is 5.94. The SMILES string of the molecule is N#CNC1=NCN(CCc2cccs2)CN1. The van der Waals surface area contributed by atoms with Crippen molar-refractivity contribution in [2.75, 3.05) is 19.9 Å². The summed E-state index contributed by atoms with van der Waals surface area (Å²) in [4.78, 5) is 7.79. The normalized spacial score (nSPS) is 16.1. The Balaban J connectivity index is 1.75. The van der Waals surface area contributed by atoms with E-state index in [0.29, 0.717) is 12.6 Å². The van der Waals surface area contributed by atoms with Crippen LogP contribution in [0.25, 0.3) is 0 Å². The van der Waals surface area contributed by atoms with Gasteiger partial charge in [-0.25, -0.2) is 4.99 Å². The van der Waals surface area contributed by atoms with Crippen LogP contribution in [0.15, 0.2) is 22.5 Å². The molecule has 1 aliphatic rings. The van der Waals surface area contributed by atoms with Crippen molar-refractivity contribution in [3.8, 4) is 6.19 Å². The van der Waals surface area contributed by atoms with Gasteiger partial charge in [-0.15, -0.1) is 11.3 Å². The highest BCUT2D eigenvalue weighted by Gasteiger charge is 2.11. The molecule has 0 bridgehead atoms. The number of nitriles is 1. The first-order chi connectivity index (χ1) is 7.88. The van der Waals surface area contributed by atoms with E-state index in [9.17, 15) is 0 Å². The van der Waals surface area contributed by atoms with E-state index in [0.717, 1.165) is 19.6 Å². The maximum Gasteiger partial charge on any atom is 0.207 e. The van der Waals surface area contributed by atoms with Crippen LogP contribution < -0.4 is 10.6 Å². The second-order valence-electron chi connectivity index (χ2n) is 3.44. The highest BCUT2D eigenvalue weighted by molar-refractivity contribution is 7.09. The van der Waals surface area contributed by atoms with Crippen LogP contribution in [0.1, 0.15) is 4.88 Å². The van der Waals surface area contributed by atoms with Crippen molar-refractivity contribution < 1.29 is 0 Å². The third kappa shape index (κ3) is 2.95. The summed E-state index contributed by atoms with van der Waals surface area (Å²) < 4.78 is 0. The first-order valence-electron chi connectivity index (χ1n) is 5.06. The number of rotatable bonds is 3. The number of thiophene rings is 1. The lowest BCUT2D eigenvalue weighted by molar-refractivity contribution is 0.267. The summed E-state index contributed by atoms with van der Waals surface area (Å²) in [6.07, 6.45) is 2.90. The van der Waals surface area contributed by atoms with Crippen molar-refractivity contribution in [3.05, 3.63) is 22.4 Å². The van der Waals surface area contributed by atoms with Gasteiger partial charge in [0.05, 0.1) is 13.3 Å². The third-order valence-corrected chi connectivity index (χ3v) is 3.26. The Hall–Kier alpha value is -1.58. The monoisotopic (exact) mass is 235 g/mol. The molecule has 6 heteroatoms. The van der Waals surface area contributed by atoms with Gasteiger partial charge in [0.15, 0.2) is 6.19 Å². The van der Waals surface area contributed by atoms with E-state index in [4.69, 9.17) is 5.26 Å². The lowest BCUT2D eigenvalue weighted by Gasteiger charge is -2.25. The molecule has 0 aliphatic carbocycles. The molecule has 2 rings (SSSR count). The predicted octanol–water partition coefficient (Wildman–Crippen LogP) is 0.537. The Kier molecular flexibility index (Phi) is 3.75. The summed E-state index contributed by atoms with van der Waals surface area (Å²) in [7, 11) is 0. The molecule has 0 radical (unpaired) electrons. The molecule has 0 spiro atoms. The van der Waals surface area contributed by atoms with Gasteiger partial charge in [-0.05, 0) is 17.9 Å². The summed E-state index contributed by atoms with van der Waals surface area (Å²) in [6, 6.07) is 4.22. The smallest absolute Gasteiger partial charge is 0.207 e. The number of aliphatic imine (C=N–C) groups is 1. The number of nitrogens with zero attached hydrogens (tertiary/aromatic N) is 3. The lowest BCUT2D eigenvalue weighted by atomic mass is 10.3. The molecule has 0 atom stereocenters. The van der Waals surface area contributed by atoms with E-state index in [1.54, 1.807) is 11.3 Å². The van der Waals surface area contributed by atoms with E-state index < -0.39 is 0 Å². The molecule has 2 N–H and O–H groups in total. The molecule has 0 aromatic carbocycles. The molecular formula is C10H13N5S. The molecule has 1 aromatic heterocycles. The Bertz CT molecular complexity index is 392. The van der Waals surface area contributed by atoms with Crippen molar-refractivity contribution >= 4 is 17.3 Å². The summed E-state index contributed by atoms with van der Waals surface area (Å²) in [5.74, 6) is 0.565. The second-order valence-corrected chi connectivity index (χ2v) is 4.48. The fourth-order valence-corrected chi connectivity index (χ4v) is 2.17. The third-order valence-electron chi connectivity index (χ3n) is 2.33. The van der Waals surface area contributed by atoms with Crippen LogP contribution in [0.5, 0.6) is 0 Å². The Morgan fingerprint density at radius 3 is 3.25 bits per heavy atom.